The third kappa shape index (κ3) is 8.31. The number of ether oxygens (including phenoxy) is 2. The lowest BCUT2D eigenvalue weighted by Gasteiger charge is -2.24. The largest absolute Gasteiger partial charge is 0.466 e. The second-order valence-electron chi connectivity index (χ2n) is 3.41. The molecule has 1 heterocycles. The van der Waals surface area contributed by atoms with Crippen molar-refractivity contribution in [3.63, 3.8) is 0 Å². The average molecular weight is 233 g/mol. The van der Waals surface area contributed by atoms with Crippen LogP contribution >= 0.6 is 0 Å². The fourth-order valence-corrected chi connectivity index (χ4v) is 1.27. The molecular formula is C10H19NO5. The Bertz CT molecular complexity index is 209. The number of nitrogens with zero attached hydrogens (tertiary/aromatic N) is 1. The van der Waals surface area contributed by atoms with Crippen LogP contribution in [0.15, 0.2) is 5.18 Å². The van der Waals surface area contributed by atoms with Crippen molar-refractivity contribution in [2.45, 2.75) is 38.9 Å². The SMILES string of the molecule is CCOC(C)=O.O=NCC1CC(O)CCO1. The number of nitroso groups, excluding NO2 is 1. The van der Waals surface area contributed by atoms with E-state index < -0.39 is 0 Å². The number of aliphatic hydroxyl groups excluding tert-OH is 1. The Morgan fingerprint density at radius 2 is 2.31 bits per heavy atom. The molecule has 0 spiro atoms. The minimum Gasteiger partial charge on any atom is -0.466 e. The highest BCUT2D eigenvalue weighted by molar-refractivity contribution is 5.65. The molecular weight excluding hydrogens is 214 g/mol. The molecule has 1 N–H and O–H groups in total. The predicted molar refractivity (Wildman–Crippen MR) is 57.9 cm³/mol. The van der Waals surface area contributed by atoms with E-state index in [9.17, 15) is 9.70 Å². The minimum absolute atomic E-state index is 0.152. The first-order chi connectivity index (χ1) is 7.60. The second kappa shape index (κ2) is 9.23. The first-order valence-corrected chi connectivity index (χ1v) is 5.32. The standard InChI is InChI=1S/C6H11NO3.C4H8O2/c8-5-1-2-10-6(3-5)4-7-9;1-3-6-4(2)5/h5-6,8H,1-4H2;3H2,1-2H3. The van der Waals surface area contributed by atoms with Gasteiger partial charge in [-0.15, -0.1) is 0 Å². The smallest absolute Gasteiger partial charge is 0.302 e. The first kappa shape index (κ1) is 15.0. The summed E-state index contributed by atoms with van der Waals surface area (Å²) in [5.41, 5.74) is 0. The summed E-state index contributed by atoms with van der Waals surface area (Å²) in [6.45, 7) is 4.36. The lowest BCUT2D eigenvalue weighted by atomic mass is 10.1. The molecule has 0 bridgehead atoms. The molecule has 6 nitrogen and oxygen atoms in total. The van der Waals surface area contributed by atoms with Crippen molar-refractivity contribution in [2.24, 2.45) is 5.18 Å². The van der Waals surface area contributed by atoms with E-state index in [0.29, 0.717) is 26.1 Å². The van der Waals surface area contributed by atoms with Gasteiger partial charge in [-0.25, -0.2) is 0 Å². The molecule has 0 aromatic rings. The highest BCUT2D eigenvalue weighted by Crippen LogP contribution is 2.13. The van der Waals surface area contributed by atoms with Gasteiger partial charge in [0.25, 0.3) is 0 Å². The number of hydrogen-bond donors (Lipinski definition) is 1. The van der Waals surface area contributed by atoms with Crippen molar-refractivity contribution in [1.29, 1.82) is 0 Å². The molecule has 0 aliphatic carbocycles. The van der Waals surface area contributed by atoms with Crippen LogP contribution in [0.5, 0.6) is 0 Å². The van der Waals surface area contributed by atoms with Gasteiger partial charge in [0.1, 0.15) is 6.54 Å². The van der Waals surface area contributed by atoms with Gasteiger partial charge in [-0.2, -0.15) is 4.91 Å². The Morgan fingerprint density at radius 1 is 1.62 bits per heavy atom. The van der Waals surface area contributed by atoms with E-state index >= 15 is 0 Å². The van der Waals surface area contributed by atoms with Crippen LogP contribution in [0.2, 0.25) is 0 Å². The molecule has 1 fully saturated rings. The molecule has 0 aromatic heterocycles. The topological polar surface area (TPSA) is 85.2 Å². The highest BCUT2D eigenvalue weighted by atomic mass is 16.5. The molecule has 1 aliphatic rings. The Balaban J connectivity index is 0.000000325. The summed E-state index contributed by atoms with van der Waals surface area (Å²) in [6.07, 6.45) is 0.767. The molecule has 16 heavy (non-hydrogen) atoms. The van der Waals surface area contributed by atoms with E-state index in [4.69, 9.17) is 9.84 Å². The van der Waals surface area contributed by atoms with Gasteiger partial charge >= 0.3 is 5.97 Å². The van der Waals surface area contributed by atoms with Gasteiger partial charge in [-0.1, -0.05) is 5.18 Å². The molecule has 1 aliphatic heterocycles. The zero-order valence-corrected chi connectivity index (χ0v) is 9.72. The number of esters is 1. The molecule has 6 heteroatoms. The first-order valence-electron chi connectivity index (χ1n) is 5.32. The molecule has 2 atom stereocenters. The van der Waals surface area contributed by atoms with Crippen molar-refractivity contribution in [1.82, 2.24) is 0 Å². The van der Waals surface area contributed by atoms with Crippen LogP contribution < -0.4 is 0 Å². The number of rotatable bonds is 3. The van der Waals surface area contributed by atoms with E-state index in [2.05, 4.69) is 9.91 Å². The van der Waals surface area contributed by atoms with Gasteiger partial charge in [0.2, 0.25) is 0 Å². The lowest BCUT2D eigenvalue weighted by molar-refractivity contribution is -0.140. The van der Waals surface area contributed by atoms with Crippen LogP contribution in [-0.2, 0) is 14.3 Å². The number of carbonyl (C=O) groups excluding carboxylic acids is 1. The third-order valence-corrected chi connectivity index (χ3v) is 1.97. The van der Waals surface area contributed by atoms with Crippen molar-refractivity contribution >= 4 is 5.97 Å². The van der Waals surface area contributed by atoms with Crippen LogP contribution in [0.25, 0.3) is 0 Å². The van der Waals surface area contributed by atoms with Gasteiger partial charge in [-0.3, -0.25) is 4.79 Å². The molecule has 0 radical (unpaired) electrons. The molecule has 0 saturated carbocycles. The van der Waals surface area contributed by atoms with Crippen molar-refractivity contribution in [3.8, 4) is 0 Å². The van der Waals surface area contributed by atoms with Crippen LogP contribution in [0.3, 0.4) is 0 Å². The second-order valence-corrected chi connectivity index (χ2v) is 3.41. The van der Waals surface area contributed by atoms with Crippen LogP contribution in [0, 0.1) is 4.91 Å². The highest BCUT2D eigenvalue weighted by Gasteiger charge is 2.20. The predicted octanol–water partition coefficient (Wildman–Crippen LogP) is 0.862. The normalized spacial score (nSPS) is 23.9. The Hall–Kier alpha value is -1.01. The van der Waals surface area contributed by atoms with Crippen molar-refractivity contribution < 1.29 is 19.4 Å². The number of carbonyl (C=O) groups is 1. The summed E-state index contributed by atoms with van der Waals surface area (Å²) in [5, 5.41) is 11.8. The van der Waals surface area contributed by atoms with E-state index in [1.807, 2.05) is 0 Å². The molecule has 1 saturated heterocycles. The molecule has 1 rings (SSSR count). The molecule has 0 amide bonds. The Labute approximate surface area is 94.9 Å². The fourth-order valence-electron chi connectivity index (χ4n) is 1.27. The molecule has 94 valence electrons. The molecule has 2 unspecified atom stereocenters. The zero-order valence-electron chi connectivity index (χ0n) is 9.72. The molecule has 0 aromatic carbocycles. The van der Waals surface area contributed by atoms with Gasteiger partial charge < -0.3 is 14.6 Å². The Kier molecular flexibility index (Phi) is 8.65. The van der Waals surface area contributed by atoms with Gasteiger partial charge in [0.15, 0.2) is 0 Å². The average Bonchev–Trinajstić information content (AvgIpc) is 2.18. The maximum atomic E-state index is 9.82. The minimum atomic E-state index is -0.305. The summed E-state index contributed by atoms with van der Waals surface area (Å²) in [5.74, 6) is -0.211. The van der Waals surface area contributed by atoms with E-state index in [1.165, 1.54) is 6.92 Å². The third-order valence-electron chi connectivity index (χ3n) is 1.97. The number of aliphatic hydroxyl groups is 1. The van der Waals surface area contributed by atoms with Crippen LogP contribution in [0.1, 0.15) is 26.7 Å². The summed E-state index contributed by atoms with van der Waals surface area (Å²) in [4.78, 5) is 19.6. The monoisotopic (exact) mass is 233 g/mol. The summed E-state index contributed by atoms with van der Waals surface area (Å²) in [7, 11) is 0. The lowest BCUT2D eigenvalue weighted by Crippen LogP contribution is -2.30. The van der Waals surface area contributed by atoms with Crippen LogP contribution in [0.4, 0.5) is 0 Å². The van der Waals surface area contributed by atoms with Crippen LogP contribution in [-0.4, -0.2) is 43.0 Å². The van der Waals surface area contributed by atoms with E-state index in [1.54, 1.807) is 6.92 Å². The summed E-state index contributed by atoms with van der Waals surface area (Å²) in [6, 6.07) is 0. The number of hydrogen-bond acceptors (Lipinski definition) is 6. The van der Waals surface area contributed by atoms with Crippen molar-refractivity contribution in [3.05, 3.63) is 4.91 Å². The van der Waals surface area contributed by atoms with Gasteiger partial charge in [0, 0.05) is 20.0 Å². The zero-order chi connectivity index (χ0) is 12.4. The van der Waals surface area contributed by atoms with Gasteiger partial charge in [-0.05, 0) is 13.3 Å². The maximum Gasteiger partial charge on any atom is 0.302 e. The van der Waals surface area contributed by atoms with E-state index in [-0.39, 0.29) is 24.7 Å². The van der Waals surface area contributed by atoms with Gasteiger partial charge in [0.05, 0.1) is 18.8 Å². The quantitative estimate of drug-likeness (QED) is 0.577. The summed E-state index contributed by atoms with van der Waals surface area (Å²) >= 11 is 0. The summed E-state index contributed by atoms with van der Waals surface area (Å²) < 4.78 is 9.54. The van der Waals surface area contributed by atoms with E-state index in [0.717, 1.165) is 0 Å². The fraction of sp³-hybridized carbons (Fsp3) is 0.900. The Morgan fingerprint density at radius 3 is 2.69 bits per heavy atom. The maximum absolute atomic E-state index is 9.82. The van der Waals surface area contributed by atoms with Crippen molar-refractivity contribution in [2.75, 3.05) is 19.8 Å².